The Kier molecular flexibility index (Phi) is 18.0. The molecule has 5 aromatic rings. The van der Waals surface area contributed by atoms with E-state index in [0.717, 1.165) is 84.8 Å². The molecule has 73 heavy (non-hydrogen) atoms. The van der Waals surface area contributed by atoms with Crippen molar-refractivity contribution in [1.82, 2.24) is 45.9 Å². The van der Waals surface area contributed by atoms with E-state index in [1.54, 1.807) is 17.3 Å². The minimum atomic E-state index is -0.644. The number of carbonyl (C=O) groups excluding carboxylic acids is 5. The molecule has 1 unspecified atom stereocenters. The van der Waals surface area contributed by atoms with Gasteiger partial charge in [0.15, 0.2) is 11.6 Å². The quantitative estimate of drug-likeness (QED) is 0.0455. The number of rotatable bonds is 22. The van der Waals surface area contributed by atoms with Gasteiger partial charge < -0.3 is 44.9 Å². The van der Waals surface area contributed by atoms with Gasteiger partial charge in [0.25, 0.3) is 11.8 Å². The van der Waals surface area contributed by atoms with Gasteiger partial charge in [0.1, 0.15) is 18.4 Å². The number of imide groups is 1. The lowest BCUT2D eigenvalue weighted by Crippen LogP contribution is -2.52. The van der Waals surface area contributed by atoms with Crippen molar-refractivity contribution in [2.75, 3.05) is 82.5 Å². The van der Waals surface area contributed by atoms with Crippen molar-refractivity contribution in [3.63, 3.8) is 0 Å². The van der Waals surface area contributed by atoms with Gasteiger partial charge in [0.05, 0.1) is 12.1 Å². The van der Waals surface area contributed by atoms with Crippen LogP contribution in [0.4, 0.5) is 11.4 Å². The van der Waals surface area contributed by atoms with E-state index in [1.165, 1.54) is 0 Å². The summed E-state index contributed by atoms with van der Waals surface area (Å²) in [6.07, 6.45) is 9.03. The number of aromatic nitrogens is 4. The van der Waals surface area contributed by atoms with Gasteiger partial charge in [-0.1, -0.05) is 18.2 Å². The maximum absolute atomic E-state index is 13.4. The van der Waals surface area contributed by atoms with Gasteiger partial charge in [-0.25, -0.2) is 4.98 Å². The van der Waals surface area contributed by atoms with Gasteiger partial charge in [0.2, 0.25) is 17.7 Å². The first-order valence-electron chi connectivity index (χ1n) is 25.1. The molecule has 3 fully saturated rings. The number of ether oxygens (including phenoxy) is 3. The van der Waals surface area contributed by atoms with E-state index in [1.807, 2.05) is 83.8 Å². The molecule has 386 valence electrons. The second kappa shape index (κ2) is 25.1. The average molecular weight is 1020 g/mol. The topological polar surface area (TPSA) is 225 Å². The number of hydrogen-bond donors (Lipinski definition) is 5. The summed E-state index contributed by atoms with van der Waals surface area (Å²) in [6.45, 7) is 7.02. The van der Waals surface area contributed by atoms with Gasteiger partial charge >= 0.3 is 0 Å². The van der Waals surface area contributed by atoms with Crippen LogP contribution in [0.1, 0.15) is 89.0 Å². The van der Waals surface area contributed by atoms with Crippen molar-refractivity contribution in [2.45, 2.75) is 76.0 Å². The van der Waals surface area contributed by atoms with E-state index in [2.05, 4.69) is 41.3 Å². The second-order valence-electron chi connectivity index (χ2n) is 18.6. The lowest BCUT2D eigenvalue weighted by atomic mass is 9.87. The Morgan fingerprint density at radius 3 is 2.42 bits per heavy atom. The first-order chi connectivity index (χ1) is 35.2. The Bertz CT molecular complexity index is 2690. The Morgan fingerprint density at radius 1 is 0.822 bits per heavy atom. The van der Waals surface area contributed by atoms with Crippen molar-refractivity contribution in [2.24, 2.45) is 0 Å². The Morgan fingerprint density at radius 2 is 1.60 bits per heavy atom. The normalized spacial score (nSPS) is 17.4. The van der Waals surface area contributed by atoms with Crippen LogP contribution in [0, 0.1) is 0 Å². The Labute approximate surface area is 430 Å². The molecule has 0 saturated carbocycles. The van der Waals surface area contributed by atoms with Gasteiger partial charge in [-0.15, -0.1) is 12.4 Å². The number of unbranched alkanes of at least 4 members (excludes halogenated alkanes) is 2. The smallest absolute Gasteiger partial charge is 0.255 e. The van der Waals surface area contributed by atoms with Gasteiger partial charge in [-0.05, 0) is 130 Å². The molecule has 0 bridgehead atoms. The molecule has 3 aromatic carbocycles. The molecule has 0 aliphatic carbocycles. The number of benzene rings is 3. The molecule has 2 aromatic heterocycles. The van der Waals surface area contributed by atoms with E-state index in [4.69, 9.17) is 19.2 Å². The van der Waals surface area contributed by atoms with Crippen molar-refractivity contribution in [3.8, 4) is 17.1 Å². The lowest BCUT2D eigenvalue weighted by Gasteiger charge is -2.37. The zero-order valence-electron chi connectivity index (χ0n) is 40.9. The van der Waals surface area contributed by atoms with Crippen LogP contribution in [0.3, 0.4) is 0 Å². The molecular weight excluding hydrogens is 954 g/mol. The highest BCUT2D eigenvalue weighted by Gasteiger charge is 2.40. The maximum atomic E-state index is 13.4. The van der Waals surface area contributed by atoms with Crippen molar-refractivity contribution in [1.29, 1.82) is 0 Å². The third-order valence-electron chi connectivity index (χ3n) is 13.7. The zero-order chi connectivity index (χ0) is 49.7. The summed E-state index contributed by atoms with van der Waals surface area (Å²) in [7, 11) is 0. The molecule has 3 saturated heterocycles. The second-order valence-corrected chi connectivity index (χ2v) is 18.6. The summed E-state index contributed by atoms with van der Waals surface area (Å²) >= 11 is 0. The van der Waals surface area contributed by atoms with Gasteiger partial charge in [0, 0.05) is 106 Å². The standard InChI is InChI=1S/C53H63N11O8.ClH/c65-46-14-13-45(50(68)57-46)64-35-40-33-42(11-12-44(40)51(64)69)62-23-25-63(26-24-62)47(66)36-71-29-6-28-70-27-2-1-3-30-72-43-10-4-7-37(31-43)34-56-49(67)39-8-5-9-41(32-39)59-53(17-21-55-22-18-53)52-58-48(60-61-52)38-15-19-54-20-16-38;/h4-5,7-12,15-16,19-20,31-33,45,55,59H,1-3,6,13-14,17-18,21-30,34-36H2,(H,56,67)(H,57,65,68)(H,58,60,61);1H. The number of aromatic amines is 1. The van der Waals surface area contributed by atoms with E-state index in [-0.39, 0.29) is 49.1 Å². The summed E-state index contributed by atoms with van der Waals surface area (Å²) in [6, 6.07) is 24.2. The molecule has 4 aliphatic heterocycles. The molecule has 0 spiro atoms. The van der Waals surface area contributed by atoms with Crippen molar-refractivity contribution < 1.29 is 38.2 Å². The van der Waals surface area contributed by atoms with E-state index >= 15 is 0 Å². The molecule has 5 N–H and O–H groups in total. The van der Waals surface area contributed by atoms with E-state index in [9.17, 15) is 24.0 Å². The summed E-state index contributed by atoms with van der Waals surface area (Å²) < 4.78 is 17.5. The highest BCUT2D eigenvalue weighted by Crippen LogP contribution is 2.35. The fourth-order valence-electron chi connectivity index (χ4n) is 9.69. The zero-order valence-corrected chi connectivity index (χ0v) is 41.8. The molecular formula is C53H64ClN11O8. The van der Waals surface area contributed by atoms with Crippen LogP contribution in [0.2, 0.25) is 0 Å². The maximum Gasteiger partial charge on any atom is 0.255 e. The Balaban J connectivity index is 0.00000711. The molecule has 0 radical (unpaired) electrons. The number of nitrogens with one attached hydrogen (secondary N) is 5. The summed E-state index contributed by atoms with van der Waals surface area (Å²) in [5.74, 6) is 1.01. The minimum Gasteiger partial charge on any atom is -0.494 e. The fourth-order valence-corrected chi connectivity index (χ4v) is 9.69. The number of fused-ring (bicyclic) bond motifs is 1. The van der Waals surface area contributed by atoms with Crippen LogP contribution in [0.15, 0.2) is 91.3 Å². The van der Waals surface area contributed by atoms with Crippen LogP contribution >= 0.6 is 12.4 Å². The van der Waals surface area contributed by atoms with Crippen LogP contribution in [-0.2, 0) is 42.5 Å². The third-order valence-corrected chi connectivity index (χ3v) is 13.7. The number of hydrogen-bond acceptors (Lipinski definition) is 14. The number of H-pyrrole nitrogens is 1. The highest BCUT2D eigenvalue weighted by molar-refractivity contribution is 6.05. The summed E-state index contributed by atoms with van der Waals surface area (Å²) in [4.78, 5) is 77.9. The predicted octanol–water partition coefficient (Wildman–Crippen LogP) is 4.99. The minimum absolute atomic E-state index is 0. The summed E-state index contributed by atoms with van der Waals surface area (Å²) in [5, 5.41) is 20.2. The molecule has 20 heteroatoms. The summed E-state index contributed by atoms with van der Waals surface area (Å²) in [5.41, 5.74) is 5.15. The van der Waals surface area contributed by atoms with Crippen LogP contribution in [0.5, 0.6) is 5.75 Å². The number of piperidine rings is 2. The largest absolute Gasteiger partial charge is 0.494 e. The number of pyridine rings is 1. The number of carbonyl (C=O) groups is 5. The van der Waals surface area contributed by atoms with E-state index < -0.39 is 17.5 Å². The first-order valence-corrected chi connectivity index (χ1v) is 25.1. The lowest BCUT2D eigenvalue weighted by molar-refractivity contribution is -0.137. The third kappa shape index (κ3) is 13.4. The fraction of sp³-hybridized carbons (Fsp3) is 0.434. The number of anilines is 2. The molecule has 19 nitrogen and oxygen atoms in total. The number of nitrogens with zero attached hydrogens (tertiary/aromatic N) is 6. The molecule has 9 rings (SSSR count). The van der Waals surface area contributed by atoms with Gasteiger partial charge in [-0.3, -0.25) is 39.4 Å². The SMILES string of the molecule is Cl.O=C1CCC(N2Cc3cc(N4CCN(C(=O)COCCCOCCCCCOc5cccc(CNC(=O)c6cccc(NC7(c8nc(-c9ccncc9)n[nH]8)CCNCC7)c6)c5)CC4)ccc3C2=O)C(=O)N1. The van der Waals surface area contributed by atoms with Crippen molar-refractivity contribution >= 4 is 53.3 Å². The highest BCUT2D eigenvalue weighted by atomic mass is 35.5. The van der Waals surface area contributed by atoms with Crippen LogP contribution < -0.4 is 30.9 Å². The predicted molar refractivity (Wildman–Crippen MR) is 275 cm³/mol. The number of piperazine rings is 1. The van der Waals surface area contributed by atoms with Gasteiger partial charge in [-0.2, -0.15) is 5.10 Å². The average Bonchev–Trinajstić information content (AvgIpc) is 4.04. The molecule has 5 amide bonds. The number of amides is 5. The van der Waals surface area contributed by atoms with Crippen molar-refractivity contribution in [3.05, 3.63) is 119 Å². The first kappa shape index (κ1) is 52.4. The van der Waals surface area contributed by atoms with Crippen LogP contribution in [0.25, 0.3) is 11.4 Å². The molecule has 6 heterocycles. The number of halogens is 1. The molecule has 4 aliphatic rings. The Hall–Kier alpha value is -6.93. The van der Waals surface area contributed by atoms with E-state index in [0.29, 0.717) is 95.5 Å². The monoisotopic (exact) mass is 1020 g/mol. The van der Waals surface area contributed by atoms with Crippen LogP contribution in [-0.4, -0.2) is 138 Å². The molecule has 1 atom stereocenters.